The molecule has 0 heterocycles. The molecule has 22 heteroatoms. The van der Waals surface area contributed by atoms with Gasteiger partial charge in [-0.25, -0.2) is 19.8 Å². The molecule has 0 aliphatic carbocycles. The molecule has 0 aromatic carbocycles. The largest absolute Gasteiger partial charge is 0.480 e. The van der Waals surface area contributed by atoms with E-state index in [-0.39, 0.29) is 77.3 Å². The van der Waals surface area contributed by atoms with Crippen LogP contribution < -0.4 is 43.6 Å². The molecule has 0 saturated carbocycles. The number of hydrogen-bond acceptors (Lipinski definition) is 13. The van der Waals surface area contributed by atoms with Crippen LogP contribution >= 0.6 is 0 Å². The van der Waals surface area contributed by atoms with Crippen LogP contribution in [0.1, 0.15) is 110 Å². The molecule has 0 radical (unpaired) electrons. The molecule has 0 aromatic rings. The molecular formula is C36H64N8O14. The second-order valence-electron chi connectivity index (χ2n) is 13.5. The van der Waals surface area contributed by atoms with Crippen molar-refractivity contribution >= 4 is 53.4 Å². The van der Waals surface area contributed by atoms with Gasteiger partial charge >= 0.3 is 17.9 Å². The summed E-state index contributed by atoms with van der Waals surface area (Å²) in [7, 11) is 0. The zero-order valence-corrected chi connectivity index (χ0v) is 33.4. The van der Waals surface area contributed by atoms with Gasteiger partial charge in [-0.3, -0.25) is 34.6 Å². The number of carboxylic acid groups (broad SMARTS) is 3. The van der Waals surface area contributed by atoms with E-state index in [9.17, 15) is 58.5 Å². The van der Waals surface area contributed by atoms with E-state index in [0.29, 0.717) is 25.7 Å². The van der Waals surface area contributed by atoms with Crippen LogP contribution in [-0.4, -0.2) is 132 Å². The van der Waals surface area contributed by atoms with Gasteiger partial charge in [0.2, 0.25) is 35.4 Å². The fourth-order valence-electron chi connectivity index (χ4n) is 5.27. The van der Waals surface area contributed by atoms with E-state index in [4.69, 9.17) is 21.1 Å². The van der Waals surface area contributed by atoms with Gasteiger partial charge in [0, 0.05) is 38.8 Å². The Morgan fingerprint density at radius 2 is 0.966 bits per heavy atom. The van der Waals surface area contributed by atoms with Crippen LogP contribution in [0, 0.1) is 0 Å². The molecule has 0 aliphatic heterocycles. The van der Waals surface area contributed by atoms with Crippen molar-refractivity contribution in [2.75, 3.05) is 39.5 Å². The highest BCUT2D eigenvalue weighted by molar-refractivity contribution is 5.87. The fraction of sp³-hybridized carbons (Fsp3) is 0.750. The van der Waals surface area contributed by atoms with Gasteiger partial charge in [0.1, 0.15) is 24.7 Å². The molecule has 0 saturated heterocycles. The van der Waals surface area contributed by atoms with Crippen LogP contribution in [0.4, 0.5) is 0 Å². The molecule has 4 atom stereocenters. The van der Waals surface area contributed by atoms with Gasteiger partial charge in [0.15, 0.2) is 0 Å². The smallest absolute Gasteiger partial charge is 0.326 e. The number of aliphatic carboxylic acids is 3. The molecule has 0 rings (SSSR count). The van der Waals surface area contributed by atoms with Crippen molar-refractivity contribution in [2.24, 2.45) is 11.6 Å². The van der Waals surface area contributed by atoms with Crippen molar-refractivity contribution in [2.45, 2.75) is 134 Å². The minimum Gasteiger partial charge on any atom is -0.480 e. The van der Waals surface area contributed by atoms with Crippen LogP contribution in [0.2, 0.25) is 0 Å². The Kier molecular flexibility index (Phi) is 30.3. The summed E-state index contributed by atoms with van der Waals surface area (Å²) >= 11 is 0. The van der Waals surface area contributed by atoms with E-state index >= 15 is 0 Å². The van der Waals surface area contributed by atoms with E-state index in [1.165, 1.54) is 0 Å². The van der Waals surface area contributed by atoms with Crippen LogP contribution in [0.25, 0.3) is 0 Å². The molecule has 0 fully saturated rings. The number of nitrogens with two attached hydrogens (primary N) is 2. The van der Waals surface area contributed by atoms with E-state index < -0.39 is 84.6 Å². The standard InChI is InChI=1S/C36H64N8O14/c1-2-3-4-5-6-7-11-30(47)41-25(34(51)52)13-16-29(46)40-19-20-57-21-22-58-23-32(49)43-27(36(55)56)14-17-31(48)42-26(35(53)54)12-15-28(45)39-18-9-8-10-24(44-38)33(37)50/h24-27,44H,2-23,38H2,1H3,(H2,37,50)(H,39,45)(H,40,46)(H,41,47)(H,42,48)(H,43,49)(H,51,52)(H,53,54)(H,55,56). The number of carbonyl (C=O) groups is 9. The molecule has 58 heavy (non-hydrogen) atoms. The normalized spacial score (nSPS) is 12.9. The van der Waals surface area contributed by atoms with Crippen LogP contribution in [-0.2, 0) is 52.6 Å². The van der Waals surface area contributed by atoms with Crippen molar-refractivity contribution in [3.05, 3.63) is 0 Å². The van der Waals surface area contributed by atoms with E-state index in [1.807, 2.05) is 0 Å². The number of hydrogen-bond donors (Lipinski definition) is 11. The number of hydrazine groups is 1. The van der Waals surface area contributed by atoms with E-state index in [1.54, 1.807) is 0 Å². The molecule has 332 valence electrons. The lowest BCUT2D eigenvalue weighted by molar-refractivity contribution is -0.144. The Labute approximate surface area is 338 Å². The van der Waals surface area contributed by atoms with Crippen LogP contribution in [0.5, 0.6) is 0 Å². The van der Waals surface area contributed by atoms with Gasteiger partial charge in [-0.2, -0.15) is 0 Å². The summed E-state index contributed by atoms with van der Waals surface area (Å²) in [5, 5.41) is 40.4. The molecule has 6 amide bonds. The molecule has 0 spiro atoms. The lowest BCUT2D eigenvalue weighted by Gasteiger charge is -2.17. The summed E-state index contributed by atoms with van der Waals surface area (Å²) in [6, 6.07) is -4.79. The second-order valence-corrected chi connectivity index (χ2v) is 13.5. The summed E-state index contributed by atoms with van der Waals surface area (Å²) in [6.07, 6.45) is 6.09. The Morgan fingerprint density at radius 3 is 1.48 bits per heavy atom. The van der Waals surface area contributed by atoms with E-state index in [0.717, 1.165) is 32.1 Å². The Balaban J connectivity index is 4.28. The van der Waals surface area contributed by atoms with Crippen molar-refractivity contribution in [3.8, 4) is 0 Å². The van der Waals surface area contributed by atoms with Gasteiger partial charge in [-0.1, -0.05) is 39.0 Å². The van der Waals surface area contributed by atoms with Gasteiger partial charge in [0.25, 0.3) is 0 Å². The van der Waals surface area contributed by atoms with Crippen LogP contribution in [0.15, 0.2) is 0 Å². The quantitative estimate of drug-likeness (QED) is 0.0194. The predicted molar refractivity (Wildman–Crippen MR) is 206 cm³/mol. The second kappa shape index (κ2) is 33.1. The molecule has 4 unspecified atom stereocenters. The Hall–Kier alpha value is -4.93. The predicted octanol–water partition coefficient (Wildman–Crippen LogP) is -1.46. The van der Waals surface area contributed by atoms with Crippen molar-refractivity contribution in [3.63, 3.8) is 0 Å². The van der Waals surface area contributed by atoms with Crippen molar-refractivity contribution in [1.29, 1.82) is 0 Å². The zero-order chi connectivity index (χ0) is 43.7. The third kappa shape index (κ3) is 28.5. The number of carbonyl (C=O) groups excluding carboxylic acids is 6. The highest BCUT2D eigenvalue weighted by Gasteiger charge is 2.25. The summed E-state index contributed by atoms with van der Waals surface area (Å²) in [6.45, 7) is 1.99. The third-order valence-electron chi connectivity index (χ3n) is 8.60. The number of rotatable bonds is 37. The first-order valence-corrected chi connectivity index (χ1v) is 19.6. The summed E-state index contributed by atoms with van der Waals surface area (Å²) in [4.78, 5) is 107. The number of amides is 6. The molecule has 22 nitrogen and oxygen atoms in total. The Morgan fingerprint density at radius 1 is 0.500 bits per heavy atom. The maximum Gasteiger partial charge on any atom is 0.326 e. The fourth-order valence-corrected chi connectivity index (χ4v) is 5.27. The number of unbranched alkanes of at least 4 members (excludes halogenated alkanes) is 6. The molecule has 0 aromatic heterocycles. The average Bonchev–Trinajstić information content (AvgIpc) is 3.16. The Bertz CT molecular complexity index is 1300. The summed E-state index contributed by atoms with van der Waals surface area (Å²) < 4.78 is 10.5. The molecule has 0 bridgehead atoms. The number of ether oxygens (including phenoxy) is 2. The molecule has 0 aliphatic rings. The summed E-state index contributed by atoms with van der Waals surface area (Å²) in [5.41, 5.74) is 7.46. The average molecular weight is 833 g/mol. The topological polar surface area (TPSA) is 357 Å². The van der Waals surface area contributed by atoms with Crippen molar-refractivity contribution in [1.82, 2.24) is 32.0 Å². The van der Waals surface area contributed by atoms with Gasteiger partial charge in [0.05, 0.1) is 25.9 Å². The molecule has 13 N–H and O–H groups in total. The van der Waals surface area contributed by atoms with Gasteiger partial charge < -0.3 is 57.1 Å². The first-order valence-electron chi connectivity index (χ1n) is 19.6. The lowest BCUT2D eigenvalue weighted by Crippen LogP contribution is -2.45. The highest BCUT2D eigenvalue weighted by Crippen LogP contribution is 2.08. The number of nitrogens with one attached hydrogen (secondary N) is 6. The minimum absolute atomic E-state index is 0.0236. The SMILES string of the molecule is CCCCCCCCC(=O)NC(CCC(=O)NCCOCCOCC(=O)NC(CCC(=O)NC(CCC(=O)NCCCCC(NN)C(N)=O)C(=O)O)C(=O)O)C(=O)O. The van der Waals surface area contributed by atoms with Gasteiger partial charge in [-0.05, 0) is 44.9 Å². The summed E-state index contributed by atoms with van der Waals surface area (Å²) in [5.74, 6) is -2.29. The van der Waals surface area contributed by atoms with Gasteiger partial charge in [-0.15, -0.1) is 0 Å². The number of primary amides is 1. The zero-order valence-electron chi connectivity index (χ0n) is 33.4. The first kappa shape index (κ1) is 53.1. The lowest BCUT2D eigenvalue weighted by atomic mass is 10.1. The van der Waals surface area contributed by atoms with E-state index in [2.05, 4.69) is 38.9 Å². The highest BCUT2D eigenvalue weighted by atomic mass is 16.5. The first-order chi connectivity index (χ1) is 27.6. The maximum atomic E-state index is 12.4. The van der Waals surface area contributed by atoms with Crippen LogP contribution in [0.3, 0.4) is 0 Å². The van der Waals surface area contributed by atoms with Crippen molar-refractivity contribution < 1.29 is 67.9 Å². The minimum atomic E-state index is -1.48. The maximum absolute atomic E-state index is 12.4. The molecular weight excluding hydrogens is 768 g/mol. The third-order valence-corrected chi connectivity index (χ3v) is 8.60. The number of carboxylic acids is 3. The monoisotopic (exact) mass is 832 g/mol.